The van der Waals surface area contributed by atoms with E-state index in [0.29, 0.717) is 74.2 Å². The highest BCUT2D eigenvalue weighted by atomic mass is 19.1. The van der Waals surface area contributed by atoms with E-state index in [-0.39, 0.29) is 11.1 Å². The molecule has 5 N–H and O–H groups in total. The van der Waals surface area contributed by atoms with Crippen LogP contribution in [0.3, 0.4) is 0 Å². The summed E-state index contributed by atoms with van der Waals surface area (Å²) >= 11 is 0. The number of benzene rings is 3. The van der Waals surface area contributed by atoms with E-state index in [9.17, 15) is 24.2 Å². The Morgan fingerprint density at radius 2 is 1.49 bits per heavy atom. The molecule has 2 amide bonds. The number of rotatable bonds is 3. The van der Waals surface area contributed by atoms with Crippen LogP contribution < -0.4 is 5.32 Å². The number of hydrogen-bond acceptors (Lipinski definition) is 5. The van der Waals surface area contributed by atoms with Crippen molar-refractivity contribution in [3.05, 3.63) is 46.5 Å². The number of imide groups is 1. The average Bonchev–Trinajstić information content (AvgIpc) is 3.52. The minimum absolute atomic E-state index is 0.0609. The van der Waals surface area contributed by atoms with Gasteiger partial charge >= 0.3 is 0 Å². The fourth-order valence-electron chi connectivity index (χ4n) is 6.78. The molecule has 2 aromatic heterocycles. The molecule has 0 radical (unpaired) electrons. The third-order valence-corrected chi connectivity index (χ3v) is 8.67. The van der Waals surface area contributed by atoms with E-state index in [1.54, 1.807) is 0 Å². The van der Waals surface area contributed by atoms with Crippen LogP contribution in [-0.4, -0.2) is 55.5 Å². The maximum Gasteiger partial charge on any atom is 0.259 e. The number of phenolic OH excluding ortho intramolecular Hbond substituents is 2. The van der Waals surface area contributed by atoms with Crippen LogP contribution in [0.15, 0.2) is 18.2 Å². The van der Waals surface area contributed by atoms with Crippen LogP contribution in [0.5, 0.6) is 11.5 Å². The SMILES string of the molecule is C[C@@H]1CCC[C@H](C)N1CCc1c(O)c(F)cc2c1[nH]c1c3[nH]c4cc(O)c(F)cc4c3c3c(c21)C(=O)NC3=O. The number of aromatic nitrogens is 2. The molecule has 1 fully saturated rings. The maximum atomic E-state index is 15.2. The largest absolute Gasteiger partial charge is 0.505 e. The number of carbonyl (C=O) groups excluding carboxylic acids is 2. The van der Waals surface area contributed by atoms with Crippen LogP contribution in [0.4, 0.5) is 8.78 Å². The summed E-state index contributed by atoms with van der Waals surface area (Å²) in [6, 6.07) is 4.24. The van der Waals surface area contributed by atoms with Crippen molar-refractivity contribution in [3.63, 3.8) is 0 Å². The number of fused-ring (bicyclic) bond motifs is 10. The summed E-state index contributed by atoms with van der Waals surface area (Å²) in [5.41, 5.74) is 2.18. The number of amides is 2. The predicted octanol–water partition coefficient (Wildman–Crippen LogP) is 5.33. The standard InChI is InChI=1S/C29H26F2N4O4/c1-11-4-3-5-12(2)35(11)7-6-13-24-15(9-17(31)27(13)37)21-23-22(28(38)34-29(23)39)20-14-8-16(30)19(36)10-18(14)32-25(20)26(21)33-24/h8-12,32-33,36-37H,3-7H2,1-2H3,(H,34,38,39)/t11-,12+. The topological polar surface area (TPSA) is 121 Å². The van der Waals surface area contributed by atoms with Crippen molar-refractivity contribution in [3.8, 4) is 11.5 Å². The normalized spacial score (nSPS) is 20.1. The van der Waals surface area contributed by atoms with E-state index in [1.165, 1.54) is 12.1 Å². The zero-order chi connectivity index (χ0) is 27.3. The van der Waals surface area contributed by atoms with Gasteiger partial charge < -0.3 is 20.2 Å². The minimum atomic E-state index is -0.867. The zero-order valence-electron chi connectivity index (χ0n) is 21.3. The average molecular weight is 533 g/mol. The first kappa shape index (κ1) is 23.9. The van der Waals surface area contributed by atoms with Gasteiger partial charge in [-0.05, 0) is 45.2 Å². The van der Waals surface area contributed by atoms with Crippen molar-refractivity contribution >= 4 is 55.4 Å². The molecule has 4 heterocycles. The van der Waals surface area contributed by atoms with Gasteiger partial charge in [-0.3, -0.25) is 19.8 Å². The van der Waals surface area contributed by atoms with Crippen LogP contribution in [-0.2, 0) is 6.42 Å². The van der Waals surface area contributed by atoms with E-state index >= 15 is 4.39 Å². The predicted molar refractivity (Wildman–Crippen MR) is 143 cm³/mol. The lowest BCUT2D eigenvalue weighted by atomic mass is 9.95. The Morgan fingerprint density at radius 3 is 2.18 bits per heavy atom. The first-order chi connectivity index (χ1) is 18.7. The Bertz CT molecular complexity index is 1900. The fourth-order valence-corrected chi connectivity index (χ4v) is 6.78. The zero-order valence-corrected chi connectivity index (χ0v) is 21.3. The monoisotopic (exact) mass is 532 g/mol. The van der Waals surface area contributed by atoms with Gasteiger partial charge in [-0.15, -0.1) is 0 Å². The number of piperidine rings is 1. The Hall–Kier alpha value is -4.18. The lowest BCUT2D eigenvalue weighted by Gasteiger charge is -2.39. The van der Waals surface area contributed by atoms with Crippen LogP contribution >= 0.6 is 0 Å². The molecule has 5 aromatic rings. The number of likely N-dealkylation sites (tertiary alicyclic amines) is 1. The summed E-state index contributed by atoms with van der Waals surface area (Å²) < 4.78 is 29.6. The summed E-state index contributed by atoms with van der Waals surface area (Å²) in [6.07, 6.45) is 3.67. The fraction of sp³-hybridized carbons (Fsp3) is 0.310. The molecule has 3 aromatic carbocycles. The molecule has 0 spiro atoms. The van der Waals surface area contributed by atoms with Gasteiger partial charge in [0.25, 0.3) is 11.8 Å². The lowest BCUT2D eigenvalue weighted by molar-refractivity contribution is 0.0880. The van der Waals surface area contributed by atoms with Gasteiger partial charge in [-0.1, -0.05) is 6.42 Å². The second-order valence-corrected chi connectivity index (χ2v) is 10.9. The van der Waals surface area contributed by atoms with Crippen molar-refractivity contribution in [2.24, 2.45) is 0 Å². The minimum Gasteiger partial charge on any atom is -0.505 e. The molecule has 10 heteroatoms. The van der Waals surface area contributed by atoms with Crippen molar-refractivity contribution in [2.75, 3.05) is 6.54 Å². The smallest absolute Gasteiger partial charge is 0.259 e. The Morgan fingerprint density at radius 1 is 0.872 bits per heavy atom. The van der Waals surface area contributed by atoms with Crippen molar-refractivity contribution < 1.29 is 28.6 Å². The molecule has 8 nitrogen and oxygen atoms in total. The van der Waals surface area contributed by atoms with Gasteiger partial charge in [0.2, 0.25) is 0 Å². The summed E-state index contributed by atoms with van der Waals surface area (Å²) in [4.78, 5) is 34.9. The molecule has 0 unspecified atom stereocenters. The summed E-state index contributed by atoms with van der Waals surface area (Å²) in [7, 11) is 0. The van der Waals surface area contributed by atoms with Crippen LogP contribution in [0.2, 0.25) is 0 Å². The molecule has 1 saturated heterocycles. The molecule has 2 aliphatic heterocycles. The summed E-state index contributed by atoms with van der Waals surface area (Å²) in [6.45, 7) is 4.96. The molecule has 7 rings (SSSR count). The second kappa shape index (κ2) is 8.16. The number of nitrogens with one attached hydrogen (secondary N) is 3. The molecule has 200 valence electrons. The molecular formula is C29H26F2N4O4. The van der Waals surface area contributed by atoms with Crippen molar-refractivity contribution in [1.29, 1.82) is 0 Å². The van der Waals surface area contributed by atoms with Gasteiger partial charge in [0.15, 0.2) is 23.1 Å². The molecule has 39 heavy (non-hydrogen) atoms. The van der Waals surface area contributed by atoms with Gasteiger partial charge in [-0.2, -0.15) is 0 Å². The van der Waals surface area contributed by atoms with Gasteiger partial charge in [0.1, 0.15) is 0 Å². The highest BCUT2D eigenvalue weighted by molar-refractivity contribution is 6.39. The van der Waals surface area contributed by atoms with Gasteiger partial charge in [-0.25, -0.2) is 8.78 Å². The summed E-state index contributed by atoms with van der Waals surface area (Å²) in [5, 5.41) is 24.5. The van der Waals surface area contributed by atoms with Gasteiger partial charge in [0, 0.05) is 51.8 Å². The van der Waals surface area contributed by atoms with E-state index in [0.717, 1.165) is 25.3 Å². The van der Waals surface area contributed by atoms with Crippen LogP contribution in [0.25, 0.3) is 43.6 Å². The first-order valence-electron chi connectivity index (χ1n) is 13.1. The number of carbonyl (C=O) groups is 2. The molecule has 2 aliphatic rings. The Labute approximate surface area is 220 Å². The molecule has 2 atom stereocenters. The quantitative estimate of drug-likeness (QED) is 0.201. The van der Waals surface area contributed by atoms with Crippen molar-refractivity contribution in [1.82, 2.24) is 20.2 Å². The molecule has 0 aliphatic carbocycles. The lowest BCUT2D eigenvalue weighted by Crippen LogP contribution is -2.44. The van der Waals surface area contributed by atoms with Crippen molar-refractivity contribution in [2.45, 2.75) is 51.6 Å². The number of aromatic hydroxyl groups is 2. The van der Waals surface area contributed by atoms with E-state index < -0.39 is 34.9 Å². The summed E-state index contributed by atoms with van der Waals surface area (Å²) in [5.74, 6) is -3.98. The Balaban J connectivity index is 1.54. The van der Waals surface area contributed by atoms with E-state index in [2.05, 4.69) is 34.0 Å². The highest BCUT2D eigenvalue weighted by Crippen LogP contribution is 2.45. The molecule has 0 saturated carbocycles. The third-order valence-electron chi connectivity index (χ3n) is 8.67. The number of nitrogens with zero attached hydrogens (tertiary/aromatic N) is 1. The number of halogens is 2. The maximum absolute atomic E-state index is 15.2. The number of phenols is 2. The molecule has 0 bridgehead atoms. The second-order valence-electron chi connectivity index (χ2n) is 10.9. The van der Waals surface area contributed by atoms with Crippen LogP contribution in [0, 0.1) is 11.6 Å². The number of aromatic amines is 2. The number of hydrogen-bond donors (Lipinski definition) is 5. The molecular weight excluding hydrogens is 506 g/mol. The number of H-pyrrole nitrogens is 2. The van der Waals surface area contributed by atoms with Gasteiger partial charge in [0.05, 0.1) is 33.2 Å². The highest BCUT2D eigenvalue weighted by Gasteiger charge is 2.36. The first-order valence-corrected chi connectivity index (χ1v) is 13.1. The van der Waals surface area contributed by atoms with E-state index in [4.69, 9.17) is 0 Å². The third kappa shape index (κ3) is 3.24. The Kier molecular flexibility index (Phi) is 5.00. The van der Waals surface area contributed by atoms with E-state index in [1.807, 2.05) is 0 Å². The van der Waals surface area contributed by atoms with Crippen LogP contribution in [0.1, 0.15) is 59.4 Å².